The van der Waals surface area contributed by atoms with E-state index >= 15 is 0 Å². The molecule has 1 aliphatic rings. The molecule has 0 amide bonds. The Hall–Kier alpha value is -1.60. The molecule has 2 aromatic carbocycles. The maximum Gasteiger partial charge on any atom is 0.0389 e. The van der Waals surface area contributed by atoms with Crippen LogP contribution in [0, 0.1) is 0 Å². The van der Waals surface area contributed by atoms with E-state index in [4.69, 9.17) is 0 Å². The van der Waals surface area contributed by atoms with Crippen LogP contribution in [0.2, 0.25) is 0 Å². The number of hydrogen-bond acceptors (Lipinski definition) is 1. The SMILES string of the molecule is CC(c1ccccc1)C1NCCc2ccccc21. The number of nitrogens with one attached hydrogen (secondary N) is 1. The highest BCUT2D eigenvalue weighted by atomic mass is 14.9. The lowest BCUT2D eigenvalue weighted by atomic mass is 9.83. The zero-order valence-corrected chi connectivity index (χ0v) is 10.8. The summed E-state index contributed by atoms with van der Waals surface area (Å²) in [7, 11) is 0. The molecule has 2 unspecified atom stereocenters. The molecule has 0 bridgehead atoms. The number of benzene rings is 2. The van der Waals surface area contributed by atoms with Crippen molar-refractivity contribution in [2.75, 3.05) is 6.54 Å². The topological polar surface area (TPSA) is 12.0 Å². The van der Waals surface area contributed by atoms with E-state index < -0.39 is 0 Å². The van der Waals surface area contributed by atoms with Crippen molar-refractivity contribution in [2.45, 2.75) is 25.3 Å². The second-order valence-corrected chi connectivity index (χ2v) is 5.08. The highest BCUT2D eigenvalue weighted by Gasteiger charge is 2.25. The monoisotopic (exact) mass is 237 g/mol. The number of hydrogen-bond donors (Lipinski definition) is 1. The zero-order valence-electron chi connectivity index (χ0n) is 10.8. The van der Waals surface area contributed by atoms with Crippen LogP contribution >= 0.6 is 0 Å². The Morgan fingerprint density at radius 2 is 1.72 bits per heavy atom. The Balaban J connectivity index is 1.94. The Morgan fingerprint density at radius 3 is 2.56 bits per heavy atom. The van der Waals surface area contributed by atoms with E-state index in [1.807, 2.05) is 0 Å². The fourth-order valence-electron chi connectivity index (χ4n) is 2.93. The van der Waals surface area contributed by atoms with Crippen molar-refractivity contribution in [3.63, 3.8) is 0 Å². The third-order valence-electron chi connectivity index (χ3n) is 3.97. The minimum Gasteiger partial charge on any atom is -0.309 e. The van der Waals surface area contributed by atoms with Gasteiger partial charge in [-0.3, -0.25) is 0 Å². The summed E-state index contributed by atoms with van der Waals surface area (Å²) in [6.07, 6.45) is 1.15. The predicted octanol–water partition coefficient (Wildman–Crippen LogP) is 3.68. The van der Waals surface area contributed by atoms with Gasteiger partial charge in [0.15, 0.2) is 0 Å². The molecule has 0 saturated carbocycles. The molecule has 1 nitrogen and oxygen atoms in total. The Labute approximate surface area is 109 Å². The number of fused-ring (bicyclic) bond motifs is 1. The molecule has 3 rings (SSSR count). The van der Waals surface area contributed by atoms with Crippen LogP contribution in [0.15, 0.2) is 54.6 Å². The van der Waals surface area contributed by atoms with Crippen LogP contribution < -0.4 is 5.32 Å². The van der Waals surface area contributed by atoms with Gasteiger partial charge in [-0.1, -0.05) is 61.5 Å². The first-order chi connectivity index (χ1) is 8.86. The fourth-order valence-corrected chi connectivity index (χ4v) is 2.93. The maximum absolute atomic E-state index is 3.67. The van der Waals surface area contributed by atoms with E-state index in [0.29, 0.717) is 12.0 Å². The number of rotatable bonds is 2. The second-order valence-electron chi connectivity index (χ2n) is 5.08. The first-order valence-electron chi connectivity index (χ1n) is 6.72. The van der Waals surface area contributed by atoms with Gasteiger partial charge in [-0.2, -0.15) is 0 Å². The summed E-state index contributed by atoms with van der Waals surface area (Å²) in [6, 6.07) is 20.1. The van der Waals surface area contributed by atoms with E-state index in [0.717, 1.165) is 13.0 Å². The van der Waals surface area contributed by atoms with Crippen molar-refractivity contribution in [3.05, 3.63) is 71.3 Å². The average molecular weight is 237 g/mol. The third-order valence-corrected chi connectivity index (χ3v) is 3.97. The van der Waals surface area contributed by atoms with Crippen LogP contribution in [-0.4, -0.2) is 6.54 Å². The zero-order chi connectivity index (χ0) is 12.4. The molecular weight excluding hydrogens is 218 g/mol. The molecule has 1 N–H and O–H groups in total. The van der Waals surface area contributed by atoms with E-state index in [1.165, 1.54) is 16.7 Å². The lowest BCUT2D eigenvalue weighted by Crippen LogP contribution is -2.33. The first kappa shape index (κ1) is 11.5. The molecule has 0 aliphatic carbocycles. The van der Waals surface area contributed by atoms with Crippen molar-refractivity contribution in [1.29, 1.82) is 0 Å². The van der Waals surface area contributed by atoms with Crippen molar-refractivity contribution in [3.8, 4) is 0 Å². The van der Waals surface area contributed by atoms with Crippen LogP contribution in [-0.2, 0) is 6.42 Å². The smallest absolute Gasteiger partial charge is 0.0389 e. The largest absolute Gasteiger partial charge is 0.309 e. The molecule has 0 fully saturated rings. The van der Waals surface area contributed by atoms with Crippen molar-refractivity contribution in [2.24, 2.45) is 0 Å². The van der Waals surface area contributed by atoms with Gasteiger partial charge < -0.3 is 5.32 Å². The van der Waals surface area contributed by atoms with Crippen LogP contribution in [0.3, 0.4) is 0 Å². The molecular formula is C17H19N. The predicted molar refractivity (Wildman–Crippen MR) is 75.7 cm³/mol. The van der Waals surface area contributed by atoms with E-state index in [-0.39, 0.29) is 0 Å². The summed E-state index contributed by atoms with van der Waals surface area (Å²) in [5, 5.41) is 3.67. The van der Waals surface area contributed by atoms with Crippen molar-refractivity contribution >= 4 is 0 Å². The molecule has 1 heterocycles. The van der Waals surface area contributed by atoms with Crippen molar-refractivity contribution in [1.82, 2.24) is 5.32 Å². The fraction of sp³-hybridized carbons (Fsp3) is 0.294. The molecule has 18 heavy (non-hydrogen) atoms. The summed E-state index contributed by atoms with van der Waals surface area (Å²) in [4.78, 5) is 0. The molecule has 2 atom stereocenters. The Bertz CT molecular complexity index is 518. The van der Waals surface area contributed by atoms with Crippen LogP contribution in [0.4, 0.5) is 0 Å². The van der Waals surface area contributed by atoms with Crippen LogP contribution in [0.5, 0.6) is 0 Å². The van der Waals surface area contributed by atoms with Gasteiger partial charge >= 0.3 is 0 Å². The molecule has 92 valence electrons. The summed E-state index contributed by atoms with van der Waals surface area (Å²) < 4.78 is 0. The van der Waals surface area contributed by atoms with Gasteiger partial charge in [0.2, 0.25) is 0 Å². The summed E-state index contributed by atoms with van der Waals surface area (Å²) in [5.74, 6) is 0.507. The van der Waals surface area contributed by atoms with Gasteiger partial charge in [0.1, 0.15) is 0 Å². The van der Waals surface area contributed by atoms with Gasteiger partial charge in [0.05, 0.1) is 0 Å². The molecule has 0 spiro atoms. The van der Waals surface area contributed by atoms with E-state index in [9.17, 15) is 0 Å². The molecule has 0 saturated heterocycles. The lowest BCUT2D eigenvalue weighted by Gasteiger charge is -2.31. The normalized spacial score (nSPS) is 20.2. The van der Waals surface area contributed by atoms with E-state index in [2.05, 4.69) is 66.8 Å². The minimum atomic E-state index is 0.442. The van der Waals surface area contributed by atoms with Gasteiger partial charge in [-0.15, -0.1) is 0 Å². The molecule has 0 aromatic heterocycles. The van der Waals surface area contributed by atoms with Gasteiger partial charge in [0, 0.05) is 12.0 Å². The molecule has 1 heteroatoms. The average Bonchev–Trinajstić information content (AvgIpc) is 2.47. The minimum absolute atomic E-state index is 0.442. The molecule has 2 aromatic rings. The first-order valence-corrected chi connectivity index (χ1v) is 6.72. The van der Waals surface area contributed by atoms with Crippen LogP contribution in [0.25, 0.3) is 0 Å². The summed E-state index contributed by atoms with van der Waals surface area (Å²) in [5.41, 5.74) is 4.39. The maximum atomic E-state index is 3.67. The summed E-state index contributed by atoms with van der Waals surface area (Å²) in [6.45, 7) is 3.40. The Morgan fingerprint density at radius 1 is 1.00 bits per heavy atom. The van der Waals surface area contributed by atoms with Crippen LogP contribution in [0.1, 0.15) is 35.6 Å². The van der Waals surface area contributed by atoms with Gasteiger partial charge in [-0.05, 0) is 29.7 Å². The molecule has 1 aliphatic heterocycles. The summed E-state index contributed by atoms with van der Waals surface area (Å²) >= 11 is 0. The van der Waals surface area contributed by atoms with Crippen molar-refractivity contribution < 1.29 is 0 Å². The second kappa shape index (κ2) is 4.95. The standard InChI is InChI=1S/C17H19N/c1-13(14-7-3-2-4-8-14)17-16-10-6-5-9-15(16)11-12-18-17/h2-10,13,17-18H,11-12H2,1H3. The highest BCUT2D eigenvalue weighted by molar-refractivity contribution is 5.35. The van der Waals surface area contributed by atoms with Gasteiger partial charge in [-0.25, -0.2) is 0 Å². The van der Waals surface area contributed by atoms with Gasteiger partial charge in [0.25, 0.3) is 0 Å². The Kier molecular flexibility index (Phi) is 3.16. The lowest BCUT2D eigenvalue weighted by molar-refractivity contribution is 0.445. The third kappa shape index (κ3) is 2.06. The highest BCUT2D eigenvalue weighted by Crippen LogP contribution is 2.34. The quantitative estimate of drug-likeness (QED) is 0.840. The molecule has 0 radical (unpaired) electrons. The van der Waals surface area contributed by atoms with E-state index in [1.54, 1.807) is 0 Å².